The van der Waals surface area contributed by atoms with Crippen molar-refractivity contribution in [1.29, 1.82) is 0 Å². The van der Waals surface area contributed by atoms with Crippen LogP contribution in [-0.4, -0.2) is 4.98 Å². The highest BCUT2D eigenvalue weighted by Gasteiger charge is 2.06. The molecule has 0 aliphatic heterocycles. The van der Waals surface area contributed by atoms with Crippen LogP contribution in [0.3, 0.4) is 0 Å². The first kappa shape index (κ1) is 11.6. The van der Waals surface area contributed by atoms with Crippen molar-refractivity contribution < 1.29 is 4.42 Å². The average Bonchev–Trinajstić information content (AvgIpc) is 2.92. The molecule has 2 aromatic heterocycles. The molecule has 4 nitrogen and oxygen atoms in total. The maximum Gasteiger partial charge on any atom is 0.295 e. The van der Waals surface area contributed by atoms with Gasteiger partial charge in [0.15, 0.2) is 5.58 Å². The van der Waals surface area contributed by atoms with Crippen molar-refractivity contribution in [2.75, 3.05) is 11.1 Å². The molecule has 0 spiro atoms. The van der Waals surface area contributed by atoms with E-state index in [4.69, 9.17) is 10.2 Å². The van der Waals surface area contributed by atoms with Crippen molar-refractivity contribution >= 4 is 50.1 Å². The first-order chi connectivity index (χ1) is 8.70. The fraction of sp³-hybridized carbons (Fsp3) is 0.0833. The highest BCUT2D eigenvalue weighted by molar-refractivity contribution is 9.11. The number of hydrogen-bond acceptors (Lipinski definition) is 5. The number of hydrogen-bond donors (Lipinski definition) is 2. The highest BCUT2D eigenvalue weighted by Crippen LogP contribution is 2.24. The van der Waals surface area contributed by atoms with E-state index in [2.05, 4.69) is 32.3 Å². The zero-order valence-electron chi connectivity index (χ0n) is 9.31. The number of benzene rings is 1. The number of rotatable bonds is 3. The number of thiophene rings is 1. The lowest BCUT2D eigenvalue weighted by atomic mass is 10.3. The minimum absolute atomic E-state index is 0.514. The normalized spacial score (nSPS) is 10.9. The maximum atomic E-state index is 5.69. The Morgan fingerprint density at radius 1 is 1.33 bits per heavy atom. The number of nitrogens with one attached hydrogen (secondary N) is 1. The summed E-state index contributed by atoms with van der Waals surface area (Å²) in [5.74, 6) is 0. The van der Waals surface area contributed by atoms with Crippen LogP contribution in [0, 0.1) is 0 Å². The van der Waals surface area contributed by atoms with Crippen molar-refractivity contribution in [2.45, 2.75) is 6.54 Å². The van der Waals surface area contributed by atoms with Crippen LogP contribution in [-0.2, 0) is 6.54 Å². The number of halogens is 1. The molecule has 1 aromatic carbocycles. The van der Waals surface area contributed by atoms with Crippen LogP contribution >= 0.6 is 27.3 Å². The molecule has 6 heteroatoms. The van der Waals surface area contributed by atoms with E-state index in [1.54, 1.807) is 17.4 Å². The third-order valence-corrected chi connectivity index (χ3v) is 4.08. The molecule has 18 heavy (non-hydrogen) atoms. The Bertz CT molecular complexity index is 692. The molecule has 0 atom stereocenters. The highest BCUT2D eigenvalue weighted by atomic mass is 79.9. The Kier molecular flexibility index (Phi) is 2.97. The van der Waals surface area contributed by atoms with Gasteiger partial charge in [0.25, 0.3) is 6.01 Å². The van der Waals surface area contributed by atoms with E-state index in [-0.39, 0.29) is 0 Å². The van der Waals surface area contributed by atoms with Crippen molar-refractivity contribution in [3.63, 3.8) is 0 Å². The molecule has 92 valence electrons. The SMILES string of the molecule is Nc1ccc2nc(NCc3ccc(Br)s3)oc2c1. The Morgan fingerprint density at radius 2 is 2.22 bits per heavy atom. The number of nitrogens with zero attached hydrogens (tertiary/aromatic N) is 1. The predicted octanol–water partition coefficient (Wildman–Crippen LogP) is 3.85. The summed E-state index contributed by atoms with van der Waals surface area (Å²) in [5.41, 5.74) is 7.87. The molecule has 3 N–H and O–H groups in total. The number of nitrogens with two attached hydrogens (primary N) is 1. The summed E-state index contributed by atoms with van der Waals surface area (Å²) in [4.78, 5) is 5.55. The second-order valence-electron chi connectivity index (χ2n) is 3.81. The summed E-state index contributed by atoms with van der Waals surface area (Å²) in [7, 11) is 0. The molecular formula is C12H10BrN3OS. The van der Waals surface area contributed by atoms with Crippen LogP contribution in [0.25, 0.3) is 11.1 Å². The van der Waals surface area contributed by atoms with Crippen molar-refractivity contribution in [2.24, 2.45) is 0 Å². The van der Waals surface area contributed by atoms with E-state index in [9.17, 15) is 0 Å². The second kappa shape index (κ2) is 4.62. The quantitative estimate of drug-likeness (QED) is 0.718. The van der Waals surface area contributed by atoms with Crippen LogP contribution in [0.1, 0.15) is 4.88 Å². The molecule has 0 unspecified atom stereocenters. The number of fused-ring (bicyclic) bond motifs is 1. The molecule has 0 aliphatic carbocycles. The molecule has 3 rings (SSSR count). The van der Waals surface area contributed by atoms with Gasteiger partial charge < -0.3 is 15.5 Å². The summed E-state index contributed by atoms with van der Waals surface area (Å²) in [6.07, 6.45) is 0. The number of nitrogen functional groups attached to an aromatic ring is 1. The van der Waals surface area contributed by atoms with Crippen LogP contribution < -0.4 is 11.1 Å². The number of anilines is 2. The van der Waals surface area contributed by atoms with E-state index in [1.165, 1.54) is 4.88 Å². The van der Waals surface area contributed by atoms with Gasteiger partial charge in [-0.2, -0.15) is 4.98 Å². The van der Waals surface area contributed by atoms with Crippen LogP contribution in [0.2, 0.25) is 0 Å². The standard InChI is InChI=1S/C12H10BrN3OS/c13-11-4-2-8(18-11)6-15-12-16-9-3-1-7(14)5-10(9)17-12/h1-5H,6,14H2,(H,15,16). The molecule has 0 bridgehead atoms. The summed E-state index contributed by atoms with van der Waals surface area (Å²) in [6.45, 7) is 0.693. The van der Waals surface area contributed by atoms with Gasteiger partial charge in [0.1, 0.15) is 5.52 Å². The first-order valence-electron chi connectivity index (χ1n) is 5.35. The Labute approximate surface area is 116 Å². The topological polar surface area (TPSA) is 64.1 Å². The summed E-state index contributed by atoms with van der Waals surface area (Å²) >= 11 is 5.11. The molecule has 0 saturated carbocycles. The molecule has 0 fully saturated rings. The largest absolute Gasteiger partial charge is 0.423 e. The zero-order valence-corrected chi connectivity index (χ0v) is 11.7. The van der Waals surface area contributed by atoms with Gasteiger partial charge in [0.05, 0.1) is 10.3 Å². The van der Waals surface area contributed by atoms with Gasteiger partial charge in [0.2, 0.25) is 0 Å². The summed E-state index contributed by atoms with van der Waals surface area (Å²) < 4.78 is 6.68. The van der Waals surface area contributed by atoms with E-state index in [0.717, 1.165) is 9.30 Å². The Morgan fingerprint density at radius 3 is 3.00 bits per heavy atom. The molecule has 0 saturated heterocycles. The van der Waals surface area contributed by atoms with E-state index in [1.807, 2.05) is 18.2 Å². The van der Waals surface area contributed by atoms with Gasteiger partial charge in [-0.1, -0.05) is 0 Å². The Balaban J connectivity index is 1.78. The van der Waals surface area contributed by atoms with Gasteiger partial charge in [-0.05, 0) is 40.2 Å². The Hall–Kier alpha value is -1.53. The second-order valence-corrected chi connectivity index (χ2v) is 6.35. The van der Waals surface area contributed by atoms with Gasteiger partial charge >= 0.3 is 0 Å². The van der Waals surface area contributed by atoms with E-state index in [0.29, 0.717) is 23.8 Å². The number of oxazole rings is 1. The van der Waals surface area contributed by atoms with Gasteiger partial charge in [0, 0.05) is 16.6 Å². The van der Waals surface area contributed by atoms with Crippen molar-refractivity contribution in [3.8, 4) is 0 Å². The predicted molar refractivity (Wildman–Crippen MR) is 77.8 cm³/mol. The van der Waals surface area contributed by atoms with E-state index >= 15 is 0 Å². The van der Waals surface area contributed by atoms with E-state index < -0.39 is 0 Å². The molecule has 0 aliphatic rings. The lowest BCUT2D eigenvalue weighted by Crippen LogP contribution is -1.96. The van der Waals surface area contributed by atoms with Crippen molar-refractivity contribution in [1.82, 2.24) is 4.98 Å². The minimum atomic E-state index is 0.514. The average molecular weight is 324 g/mol. The van der Waals surface area contributed by atoms with Crippen LogP contribution in [0.15, 0.2) is 38.5 Å². The van der Waals surface area contributed by atoms with Crippen molar-refractivity contribution in [3.05, 3.63) is 39.0 Å². The fourth-order valence-corrected chi connectivity index (χ4v) is 3.05. The molecule has 0 radical (unpaired) electrons. The lowest BCUT2D eigenvalue weighted by molar-refractivity contribution is 0.615. The molecule has 2 heterocycles. The maximum absolute atomic E-state index is 5.69. The third kappa shape index (κ3) is 2.34. The molecule has 0 amide bonds. The summed E-state index contributed by atoms with van der Waals surface area (Å²) in [5, 5.41) is 3.15. The molecule has 3 aromatic rings. The fourth-order valence-electron chi connectivity index (χ4n) is 1.63. The van der Waals surface area contributed by atoms with Gasteiger partial charge in [-0.15, -0.1) is 11.3 Å². The number of aromatic nitrogens is 1. The van der Waals surface area contributed by atoms with Crippen LogP contribution in [0.4, 0.5) is 11.7 Å². The summed E-state index contributed by atoms with van der Waals surface area (Å²) in [6, 6.07) is 10.0. The van der Waals surface area contributed by atoms with Crippen LogP contribution in [0.5, 0.6) is 0 Å². The monoisotopic (exact) mass is 323 g/mol. The first-order valence-corrected chi connectivity index (χ1v) is 6.96. The minimum Gasteiger partial charge on any atom is -0.423 e. The third-order valence-electron chi connectivity index (χ3n) is 2.46. The van der Waals surface area contributed by atoms with Gasteiger partial charge in [-0.3, -0.25) is 0 Å². The smallest absolute Gasteiger partial charge is 0.295 e. The zero-order chi connectivity index (χ0) is 12.5. The van der Waals surface area contributed by atoms with Gasteiger partial charge in [-0.25, -0.2) is 0 Å². The molecular weight excluding hydrogens is 314 g/mol. The lowest BCUT2D eigenvalue weighted by Gasteiger charge is -1.97.